The minimum Gasteiger partial charge on any atom is -0.494 e. The maximum atomic E-state index is 13.8. The highest BCUT2D eigenvalue weighted by atomic mass is 35.5. The number of carbonyl (C=O) groups is 1. The van der Waals surface area contributed by atoms with E-state index in [1.165, 1.54) is 0 Å². The zero-order valence-electron chi connectivity index (χ0n) is 20.4. The third-order valence-corrected chi connectivity index (χ3v) is 7.04. The van der Waals surface area contributed by atoms with Gasteiger partial charge in [-0.1, -0.05) is 73.8 Å². The molecule has 0 aliphatic carbocycles. The Kier molecular flexibility index (Phi) is 6.84. The van der Waals surface area contributed by atoms with E-state index < -0.39 is 6.04 Å². The van der Waals surface area contributed by atoms with Crippen LogP contribution in [0.25, 0.3) is 11.0 Å². The van der Waals surface area contributed by atoms with Gasteiger partial charge in [-0.25, -0.2) is 0 Å². The Balaban J connectivity index is 1.63. The normalized spacial score (nSPS) is 14.9. The standard InChI is InChI=1S/C30H28ClNO4/c1-3-4-8-14-35-22-13-9-12-21(16-22)27-26-28(33)23-17-24(31)19(2)15-25(23)36-29(26)30(34)32(27)18-20-10-6-5-7-11-20/h5-7,9-13,15-17,27H,3-4,8,14,18H2,1-2H3. The summed E-state index contributed by atoms with van der Waals surface area (Å²) in [5, 5.41) is 0.856. The van der Waals surface area contributed by atoms with Gasteiger partial charge < -0.3 is 14.1 Å². The lowest BCUT2D eigenvalue weighted by molar-refractivity contribution is 0.0714. The van der Waals surface area contributed by atoms with Gasteiger partial charge in [0.15, 0.2) is 5.43 Å². The van der Waals surface area contributed by atoms with Crippen molar-refractivity contribution in [3.8, 4) is 5.75 Å². The van der Waals surface area contributed by atoms with E-state index in [-0.39, 0.29) is 17.1 Å². The summed E-state index contributed by atoms with van der Waals surface area (Å²) in [6.45, 7) is 4.95. The number of halogens is 1. The lowest BCUT2D eigenvalue weighted by Crippen LogP contribution is -2.29. The second-order valence-corrected chi connectivity index (χ2v) is 9.63. The summed E-state index contributed by atoms with van der Waals surface area (Å²) in [5.74, 6) is 0.497. The van der Waals surface area contributed by atoms with Crippen LogP contribution in [0.2, 0.25) is 5.02 Å². The van der Waals surface area contributed by atoms with E-state index in [9.17, 15) is 9.59 Å². The van der Waals surface area contributed by atoms with Crippen LogP contribution >= 0.6 is 11.6 Å². The fraction of sp³-hybridized carbons (Fsp3) is 0.267. The first-order valence-electron chi connectivity index (χ1n) is 12.3. The maximum absolute atomic E-state index is 13.8. The lowest BCUT2D eigenvalue weighted by Gasteiger charge is -2.25. The molecule has 1 atom stereocenters. The van der Waals surface area contributed by atoms with Crippen molar-refractivity contribution in [3.63, 3.8) is 0 Å². The van der Waals surface area contributed by atoms with Crippen molar-refractivity contribution in [3.05, 3.63) is 110 Å². The van der Waals surface area contributed by atoms with Gasteiger partial charge in [0.05, 0.1) is 23.6 Å². The van der Waals surface area contributed by atoms with Crippen molar-refractivity contribution in [1.29, 1.82) is 0 Å². The smallest absolute Gasteiger partial charge is 0.291 e. The van der Waals surface area contributed by atoms with Crippen molar-refractivity contribution in [2.75, 3.05) is 6.61 Å². The average Bonchev–Trinajstić information content (AvgIpc) is 3.15. The average molecular weight is 502 g/mol. The highest BCUT2D eigenvalue weighted by Crippen LogP contribution is 2.40. The third-order valence-electron chi connectivity index (χ3n) is 6.63. The zero-order chi connectivity index (χ0) is 25.2. The van der Waals surface area contributed by atoms with Gasteiger partial charge in [-0.3, -0.25) is 9.59 Å². The number of nitrogens with zero attached hydrogens (tertiary/aromatic N) is 1. The molecule has 5 nitrogen and oxygen atoms in total. The molecule has 3 aromatic carbocycles. The molecule has 0 spiro atoms. The molecular weight excluding hydrogens is 474 g/mol. The molecule has 0 bridgehead atoms. The monoisotopic (exact) mass is 501 g/mol. The number of unbranched alkanes of at least 4 members (excludes halogenated alkanes) is 2. The molecule has 1 aliphatic rings. The van der Waals surface area contributed by atoms with Crippen LogP contribution < -0.4 is 10.2 Å². The Bertz CT molecular complexity index is 1480. The van der Waals surface area contributed by atoms with Crippen molar-refractivity contribution < 1.29 is 13.9 Å². The van der Waals surface area contributed by atoms with Gasteiger partial charge in [0.2, 0.25) is 5.76 Å². The fourth-order valence-corrected chi connectivity index (χ4v) is 4.91. The molecule has 0 fully saturated rings. The van der Waals surface area contributed by atoms with E-state index in [0.717, 1.165) is 36.0 Å². The van der Waals surface area contributed by atoms with Crippen LogP contribution in [-0.4, -0.2) is 17.4 Å². The third kappa shape index (κ3) is 4.51. The number of benzene rings is 3. The Morgan fingerprint density at radius 1 is 1.00 bits per heavy atom. The largest absolute Gasteiger partial charge is 0.494 e. The van der Waals surface area contributed by atoms with E-state index in [1.807, 2.05) is 61.5 Å². The molecular formula is C30H28ClNO4. The molecule has 1 amide bonds. The van der Waals surface area contributed by atoms with Gasteiger partial charge in [0.25, 0.3) is 5.91 Å². The van der Waals surface area contributed by atoms with Crippen LogP contribution in [0.1, 0.15) is 65.0 Å². The van der Waals surface area contributed by atoms with E-state index in [4.69, 9.17) is 20.8 Å². The van der Waals surface area contributed by atoms with Gasteiger partial charge >= 0.3 is 0 Å². The molecule has 0 saturated heterocycles. The molecule has 6 heteroatoms. The first kappa shape index (κ1) is 24.1. The second-order valence-electron chi connectivity index (χ2n) is 9.22. The molecule has 1 aromatic heterocycles. The number of carbonyl (C=O) groups excluding carboxylic acids is 1. The predicted octanol–water partition coefficient (Wildman–Crippen LogP) is 7.07. The van der Waals surface area contributed by atoms with Crippen LogP contribution in [0.4, 0.5) is 0 Å². The molecule has 0 saturated carbocycles. The molecule has 1 aliphatic heterocycles. The molecule has 36 heavy (non-hydrogen) atoms. The van der Waals surface area contributed by atoms with Gasteiger partial charge in [-0.2, -0.15) is 0 Å². The quantitative estimate of drug-likeness (QED) is 0.242. The summed E-state index contributed by atoms with van der Waals surface area (Å²) in [5.41, 5.74) is 3.01. The van der Waals surface area contributed by atoms with Crippen LogP contribution in [0.15, 0.2) is 75.9 Å². The first-order chi connectivity index (χ1) is 17.5. The molecule has 0 N–H and O–H groups in total. The molecule has 2 heterocycles. The summed E-state index contributed by atoms with van der Waals surface area (Å²) in [6.07, 6.45) is 3.19. The molecule has 1 unspecified atom stereocenters. The SMILES string of the molecule is CCCCCOc1cccc(C2c3c(oc4cc(C)c(Cl)cc4c3=O)C(=O)N2Cc2ccccc2)c1. The van der Waals surface area contributed by atoms with E-state index in [2.05, 4.69) is 6.92 Å². The number of fused-ring (bicyclic) bond motifs is 2. The predicted molar refractivity (Wildman–Crippen MR) is 142 cm³/mol. The van der Waals surface area contributed by atoms with Gasteiger partial charge in [-0.15, -0.1) is 0 Å². The second kappa shape index (κ2) is 10.2. The van der Waals surface area contributed by atoms with Crippen LogP contribution in [0, 0.1) is 6.92 Å². The Morgan fingerprint density at radius 3 is 2.58 bits per heavy atom. The van der Waals surface area contributed by atoms with Crippen molar-refractivity contribution in [2.24, 2.45) is 0 Å². The first-order valence-corrected chi connectivity index (χ1v) is 12.7. The van der Waals surface area contributed by atoms with Crippen LogP contribution in [0.5, 0.6) is 5.75 Å². The summed E-state index contributed by atoms with van der Waals surface area (Å²) in [7, 11) is 0. The van der Waals surface area contributed by atoms with Crippen molar-refractivity contribution >= 4 is 28.5 Å². The lowest BCUT2D eigenvalue weighted by atomic mass is 9.97. The number of aryl methyl sites for hydroxylation is 1. The minimum absolute atomic E-state index is 0.0874. The highest BCUT2D eigenvalue weighted by Gasteiger charge is 2.42. The number of ether oxygens (including phenoxy) is 1. The zero-order valence-corrected chi connectivity index (χ0v) is 21.2. The van der Waals surface area contributed by atoms with E-state index >= 15 is 0 Å². The van der Waals surface area contributed by atoms with E-state index in [0.29, 0.717) is 40.5 Å². The summed E-state index contributed by atoms with van der Waals surface area (Å²) in [6, 6.07) is 20.1. The van der Waals surface area contributed by atoms with Gasteiger partial charge in [-0.05, 0) is 54.3 Å². The Labute approximate surface area is 215 Å². The molecule has 0 radical (unpaired) electrons. The van der Waals surface area contributed by atoms with Gasteiger partial charge in [0.1, 0.15) is 11.3 Å². The van der Waals surface area contributed by atoms with Crippen molar-refractivity contribution in [1.82, 2.24) is 4.90 Å². The van der Waals surface area contributed by atoms with E-state index in [1.54, 1.807) is 17.0 Å². The number of hydrogen-bond acceptors (Lipinski definition) is 4. The summed E-state index contributed by atoms with van der Waals surface area (Å²) in [4.78, 5) is 29.2. The summed E-state index contributed by atoms with van der Waals surface area (Å²) < 4.78 is 12.1. The van der Waals surface area contributed by atoms with Crippen LogP contribution in [0.3, 0.4) is 0 Å². The number of rotatable bonds is 8. The number of amides is 1. The van der Waals surface area contributed by atoms with Crippen LogP contribution in [-0.2, 0) is 6.54 Å². The summed E-state index contributed by atoms with van der Waals surface area (Å²) >= 11 is 6.35. The maximum Gasteiger partial charge on any atom is 0.291 e. The molecule has 4 aromatic rings. The molecule has 184 valence electrons. The Morgan fingerprint density at radius 2 is 1.81 bits per heavy atom. The van der Waals surface area contributed by atoms with Crippen molar-refractivity contribution in [2.45, 2.75) is 45.7 Å². The fourth-order valence-electron chi connectivity index (χ4n) is 4.75. The minimum atomic E-state index is -0.604. The molecule has 5 rings (SSSR count). The Hall–Kier alpha value is -3.57. The highest BCUT2D eigenvalue weighted by molar-refractivity contribution is 6.32. The topological polar surface area (TPSA) is 59.8 Å². The number of hydrogen-bond donors (Lipinski definition) is 0. The van der Waals surface area contributed by atoms with Gasteiger partial charge in [0, 0.05) is 11.6 Å².